The molecule has 0 unspecified atom stereocenters. The van der Waals surface area contributed by atoms with E-state index in [4.69, 9.17) is 9.47 Å². The molecule has 2 rings (SSSR count). The van der Waals surface area contributed by atoms with Crippen molar-refractivity contribution in [2.45, 2.75) is 6.29 Å². The van der Waals surface area contributed by atoms with E-state index in [0.717, 1.165) is 10.9 Å². The molecular weight excluding hydrogens is 218 g/mol. The molecule has 0 saturated carbocycles. The molecule has 88 valence electrons. The number of methoxy groups -OCH3 is 2. The molecule has 0 fully saturated rings. The van der Waals surface area contributed by atoms with Gasteiger partial charge in [0, 0.05) is 31.4 Å². The number of benzene rings is 1. The van der Waals surface area contributed by atoms with Gasteiger partial charge in [-0.25, -0.2) is 0 Å². The van der Waals surface area contributed by atoms with Crippen molar-refractivity contribution in [2.75, 3.05) is 14.2 Å². The Morgan fingerprint density at radius 2 is 1.94 bits per heavy atom. The minimum Gasteiger partial charge on any atom is -0.349 e. The summed E-state index contributed by atoms with van der Waals surface area (Å²) < 4.78 is 9.94. The highest BCUT2D eigenvalue weighted by molar-refractivity contribution is 6.08. The molecule has 0 aliphatic heterocycles. The summed E-state index contributed by atoms with van der Waals surface area (Å²) in [4.78, 5) is 16.3. The fraction of sp³-hybridized carbons (Fsp3) is 0.231. The summed E-state index contributed by atoms with van der Waals surface area (Å²) in [5.74, 6) is -0.200. The van der Waals surface area contributed by atoms with Gasteiger partial charge in [0.2, 0.25) is 12.1 Å². The van der Waals surface area contributed by atoms with Crippen LogP contribution in [0.4, 0.5) is 0 Å². The number of pyridine rings is 1. The number of hydrogen-bond donors (Lipinski definition) is 0. The molecule has 0 saturated heterocycles. The van der Waals surface area contributed by atoms with Gasteiger partial charge in [-0.15, -0.1) is 0 Å². The normalized spacial score (nSPS) is 11.0. The van der Waals surface area contributed by atoms with E-state index in [1.54, 1.807) is 24.4 Å². The van der Waals surface area contributed by atoms with Crippen molar-refractivity contribution in [2.24, 2.45) is 0 Å². The first-order chi connectivity index (χ1) is 8.27. The van der Waals surface area contributed by atoms with Crippen LogP contribution >= 0.6 is 0 Å². The van der Waals surface area contributed by atoms with E-state index in [9.17, 15) is 4.79 Å². The maximum absolute atomic E-state index is 12.1. The van der Waals surface area contributed by atoms with Gasteiger partial charge in [-0.1, -0.05) is 18.2 Å². The summed E-state index contributed by atoms with van der Waals surface area (Å²) in [5.41, 5.74) is 1.34. The first-order valence-electron chi connectivity index (χ1n) is 5.21. The zero-order valence-electron chi connectivity index (χ0n) is 9.71. The minimum absolute atomic E-state index is 0.200. The Balaban J connectivity index is 2.52. The molecule has 0 aliphatic rings. The van der Waals surface area contributed by atoms with Crippen LogP contribution < -0.4 is 0 Å². The Kier molecular flexibility index (Phi) is 3.46. The standard InChI is InChI=1S/C13H13NO3/c1-16-13(17-2)12(15)10-5-3-7-11-9(10)6-4-8-14-11/h3-8,13H,1-2H3. The fourth-order valence-corrected chi connectivity index (χ4v) is 1.76. The lowest BCUT2D eigenvalue weighted by atomic mass is 10.0. The average molecular weight is 231 g/mol. The summed E-state index contributed by atoms with van der Waals surface area (Å²) in [6, 6.07) is 9.06. The molecule has 2 aromatic rings. The molecule has 1 heterocycles. The summed E-state index contributed by atoms with van der Waals surface area (Å²) >= 11 is 0. The number of fused-ring (bicyclic) bond motifs is 1. The first kappa shape index (κ1) is 11.7. The predicted molar refractivity (Wildman–Crippen MR) is 63.9 cm³/mol. The van der Waals surface area contributed by atoms with Crippen molar-refractivity contribution in [1.29, 1.82) is 0 Å². The van der Waals surface area contributed by atoms with Crippen molar-refractivity contribution >= 4 is 16.7 Å². The summed E-state index contributed by atoms with van der Waals surface area (Å²) in [6.07, 6.45) is 0.821. The molecule has 17 heavy (non-hydrogen) atoms. The minimum atomic E-state index is -0.874. The number of rotatable bonds is 4. The Morgan fingerprint density at radius 3 is 2.65 bits per heavy atom. The number of hydrogen-bond acceptors (Lipinski definition) is 4. The van der Waals surface area contributed by atoms with Crippen LogP contribution in [-0.4, -0.2) is 31.3 Å². The molecule has 0 radical (unpaired) electrons. The van der Waals surface area contributed by atoms with Gasteiger partial charge >= 0.3 is 0 Å². The third-order valence-electron chi connectivity index (χ3n) is 2.55. The van der Waals surface area contributed by atoms with Gasteiger partial charge in [0.25, 0.3) is 0 Å². The van der Waals surface area contributed by atoms with Crippen molar-refractivity contribution < 1.29 is 14.3 Å². The average Bonchev–Trinajstić information content (AvgIpc) is 2.39. The van der Waals surface area contributed by atoms with Gasteiger partial charge in [0.1, 0.15) is 0 Å². The van der Waals surface area contributed by atoms with Gasteiger partial charge in [0.05, 0.1) is 5.52 Å². The maximum Gasteiger partial charge on any atom is 0.222 e. The van der Waals surface area contributed by atoms with E-state index in [-0.39, 0.29) is 5.78 Å². The SMILES string of the molecule is COC(OC)C(=O)c1cccc2ncccc12. The van der Waals surface area contributed by atoms with Gasteiger partial charge in [-0.3, -0.25) is 9.78 Å². The lowest BCUT2D eigenvalue weighted by molar-refractivity contribution is -0.0741. The fourth-order valence-electron chi connectivity index (χ4n) is 1.76. The quantitative estimate of drug-likeness (QED) is 0.596. The summed E-state index contributed by atoms with van der Waals surface area (Å²) in [5, 5.41) is 0.805. The van der Waals surface area contributed by atoms with Gasteiger partial charge in [-0.05, 0) is 12.1 Å². The third-order valence-corrected chi connectivity index (χ3v) is 2.55. The highest BCUT2D eigenvalue weighted by Crippen LogP contribution is 2.18. The molecule has 1 aromatic heterocycles. The third kappa shape index (κ3) is 2.18. The lowest BCUT2D eigenvalue weighted by Crippen LogP contribution is -2.25. The second-order valence-electron chi connectivity index (χ2n) is 3.54. The maximum atomic E-state index is 12.1. The molecule has 0 bridgehead atoms. The Hall–Kier alpha value is -1.78. The van der Waals surface area contributed by atoms with Crippen LogP contribution in [0, 0.1) is 0 Å². The van der Waals surface area contributed by atoms with Crippen molar-refractivity contribution in [3.8, 4) is 0 Å². The number of nitrogens with zero attached hydrogens (tertiary/aromatic N) is 1. The highest BCUT2D eigenvalue weighted by atomic mass is 16.7. The zero-order valence-corrected chi connectivity index (χ0v) is 9.71. The second-order valence-corrected chi connectivity index (χ2v) is 3.54. The molecule has 4 nitrogen and oxygen atoms in total. The number of ketones is 1. The molecule has 0 aliphatic carbocycles. The van der Waals surface area contributed by atoms with Crippen LogP contribution in [0.25, 0.3) is 10.9 Å². The number of ether oxygens (including phenoxy) is 2. The predicted octanol–water partition coefficient (Wildman–Crippen LogP) is 2.04. The second kappa shape index (κ2) is 5.03. The van der Waals surface area contributed by atoms with E-state index in [0.29, 0.717) is 5.56 Å². The summed E-state index contributed by atoms with van der Waals surface area (Å²) in [6.45, 7) is 0. The van der Waals surface area contributed by atoms with Crippen LogP contribution in [0.5, 0.6) is 0 Å². The van der Waals surface area contributed by atoms with Crippen LogP contribution in [0.2, 0.25) is 0 Å². The molecule has 1 aromatic carbocycles. The smallest absolute Gasteiger partial charge is 0.222 e. The monoisotopic (exact) mass is 231 g/mol. The molecule has 0 atom stereocenters. The lowest BCUT2D eigenvalue weighted by Gasteiger charge is -2.13. The number of carbonyl (C=O) groups is 1. The van der Waals surface area contributed by atoms with Crippen LogP contribution in [0.3, 0.4) is 0 Å². The van der Waals surface area contributed by atoms with Gasteiger partial charge in [-0.2, -0.15) is 0 Å². The van der Waals surface area contributed by atoms with Crippen molar-refractivity contribution in [1.82, 2.24) is 4.98 Å². The molecule has 4 heteroatoms. The van der Waals surface area contributed by atoms with E-state index in [1.165, 1.54) is 14.2 Å². The largest absolute Gasteiger partial charge is 0.349 e. The van der Waals surface area contributed by atoms with Gasteiger partial charge in [0.15, 0.2) is 0 Å². The Labute approximate surface area is 99.2 Å². The molecular formula is C13H13NO3. The Morgan fingerprint density at radius 1 is 1.18 bits per heavy atom. The Bertz CT molecular complexity index is 530. The number of aromatic nitrogens is 1. The van der Waals surface area contributed by atoms with Crippen LogP contribution in [0.15, 0.2) is 36.5 Å². The van der Waals surface area contributed by atoms with Crippen molar-refractivity contribution in [3.63, 3.8) is 0 Å². The van der Waals surface area contributed by atoms with E-state index >= 15 is 0 Å². The molecule has 0 spiro atoms. The first-order valence-corrected chi connectivity index (χ1v) is 5.21. The van der Waals surface area contributed by atoms with Crippen LogP contribution in [-0.2, 0) is 9.47 Å². The summed E-state index contributed by atoms with van der Waals surface area (Å²) in [7, 11) is 2.88. The van der Waals surface area contributed by atoms with E-state index in [1.807, 2.05) is 12.1 Å². The van der Waals surface area contributed by atoms with Crippen molar-refractivity contribution in [3.05, 3.63) is 42.1 Å². The van der Waals surface area contributed by atoms with E-state index < -0.39 is 6.29 Å². The number of carbonyl (C=O) groups excluding carboxylic acids is 1. The topological polar surface area (TPSA) is 48.4 Å². The number of Topliss-reactive ketones (excluding diaryl/α,β-unsaturated/α-hetero) is 1. The molecule has 0 N–H and O–H groups in total. The zero-order chi connectivity index (χ0) is 12.3. The van der Waals surface area contributed by atoms with Gasteiger partial charge < -0.3 is 9.47 Å². The highest BCUT2D eigenvalue weighted by Gasteiger charge is 2.20. The van der Waals surface area contributed by atoms with Crippen LogP contribution in [0.1, 0.15) is 10.4 Å². The molecule has 0 amide bonds. The van der Waals surface area contributed by atoms with E-state index in [2.05, 4.69) is 4.98 Å².